The van der Waals surface area contributed by atoms with Crippen molar-refractivity contribution in [2.75, 3.05) is 57.5 Å². The maximum atomic E-state index is 5.37. The number of ether oxygens (including phenoxy) is 2. The minimum Gasteiger partial charge on any atom is -0.381 e. The summed E-state index contributed by atoms with van der Waals surface area (Å²) in [4.78, 5) is 52.7. The van der Waals surface area contributed by atoms with Crippen molar-refractivity contribution in [2.24, 2.45) is 0 Å². The Labute approximate surface area is 672 Å². The van der Waals surface area contributed by atoms with Crippen molar-refractivity contribution in [1.82, 2.24) is 59.7 Å². The largest absolute Gasteiger partial charge is 0.381 e. The van der Waals surface area contributed by atoms with Crippen LogP contribution < -0.4 is 4.90 Å². The number of rotatable bonds is 14. The van der Waals surface area contributed by atoms with E-state index in [4.69, 9.17) is 14.5 Å². The summed E-state index contributed by atoms with van der Waals surface area (Å²) < 4.78 is 10.7. The molecule has 0 saturated carbocycles. The summed E-state index contributed by atoms with van der Waals surface area (Å²) in [7, 11) is 0. The second-order valence-corrected chi connectivity index (χ2v) is 33.4. The van der Waals surface area contributed by atoms with E-state index in [0.29, 0.717) is 65.1 Å². The molecular formula is C91H137N13O2S3. The van der Waals surface area contributed by atoms with Gasteiger partial charge in [-0.1, -0.05) is 177 Å². The fourth-order valence-electron chi connectivity index (χ4n) is 10.6. The molecule has 0 atom stereocenters. The number of aryl methyl sites for hydroxylation is 2. The van der Waals surface area contributed by atoms with Gasteiger partial charge in [-0.25, -0.2) is 29.9 Å². The summed E-state index contributed by atoms with van der Waals surface area (Å²) in [6, 6.07) is 33.2. The predicted octanol–water partition coefficient (Wildman–Crippen LogP) is 24.6. The number of morpholine rings is 1. The van der Waals surface area contributed by atoms with Gasteiger partial charge in [0.05, 0.1) is 33.9 Å². The molecule has 3 saturated heterocycles. The van der Waals surface area contributed by atoms with Crippen molar-refractivity contribution in [3.8, 4) is 0 Å². The molecule has 15 nitrogen and oxygen atoms in total. The Balaban J connectivity index is 0.000000317. The zero-order valence-electron chi connectivity index (χ0n) is 69.8. The third-order valence-electron chi connectivity index (χ3n) is 17.5. The van der Waals surface area contributed by atoms with Crippen LogP contribution in [0.5, 0.6) is 0 Å². The number of nitrogens with zero attached hydrogens (tertiary/aromatic N) is 13. The van der Waals surface area contributed by atoms with E-state index in [1.165, 1.54) is 91.7 Å². The molecule has 0 bridgehead atoms. The molecule has 13 rings (SSSR count). The van der Waals surface area contributed by atoms with E-state index < -0.39 is 0 Å². The quantitative estimate of drug-likeness (QED) is 0.101. The third-order valence-corrected chi connectivity index (χ3v) is 21.0. The van der Waals surface area contributed by atoms with E-state index >= 15 is 0 Å². The third kappa shape index (κ3) is 40.4. The molecule has 0 amide bonds. The summed E-state index contributed by atoms with van der Waals surface area (Å²) in [6.07, 6.45) is 24.6. The summed E-state index contributed by atoms with van der Waals surface area (Å²) in [5, 5.41) is 7.81. The molecule has 109 heavy (non-hydrogen) atoms. The van der Waals surface area contributed by atoms with Crippen LogP contribution in [-0.4, -0.2) is 112 Å². The summed E-state index contributed by atoms with van der Waals surface area (Å²) in [6.45, 7) is 56.3. The predicted molar refractivity (Wildman–Crippen MR) is 466 cm³/mol. The van der Waals surface area contributed by atoms with Crippen LogP contribution in [0.3, 0.4) is 0 Å². The number of aromatic nitrogens is 11. The average Bonchev–Trinajstić information content (AvgIpc) is 1.30. The zero-order valence-corrected chi connectivity index (χ0v) is 72.2. The zero-order chi connectivity index (χ0) is 79.2. The van der Waals surface area contributed by atoms with E-state index in [1.807, 2.05) is 98.1 Å². The van der Waals surface area contributed by atoms with Gasteiger partial charge in [0.15, 0.2) is 0 Å². The van der Waals surface area contributed by atoms with Crippen molar-refractivity contribution in [2.45, 2.75) is 263 Å². The van der Waals surface area contributed by atoms with Gasteiger partial charge in [0, 0.05) is 162 Å². The fraction of sp³-hybridized carbons (Fsp3) is 0.527. The molecule has 10 aromatic heterocycles. The van der Waals surface area contributed by atoms with Crippen molar-refractivity contribution in [3.63, 3.8) is 0 Å². The number of pyridine rings is 6. The van der Waals surface area contributed by atoms with Crippen molar-refractivity contribution >= 4 is 39.8 Å². The summed E-state index contributed by atoms with van der Waals surface area (Å²) >= 11 is 5.25. The van der Waals surface area contributed by atoms with Gasteiger partial charge >= 0.3 is 0 Å². The Morgan fingerprint density at radius 1 is 0.413 bits per heavy atom. The Hall–Kier alpha value is -7.45. The second-order valence-electron chi connectivity index (χ2n) is 30.3. The summed E-state index contributed by atoms with van der Waals surface area (Å²) in [5.41, 5.74) is 12.3. The molecule has 3 aliphatic heterocycles. The summed E-state index contributed by atoms with van der Waals surface area (Å²) in [5.74, 6) is 7.34. The van der Waals surface area contributed by atoms with Crippen molar-refractivity contribution < 1.29 is 9.47 Å². The van der Waals surface area contributed by atoms with Crippen molar-refractivity contribution in [1.29, 1.82) is 0 Å². The van der Waals surface area contributed by atoms with Gasteiger partial charge in [-0.2, -0.15) is 0 Å². The Morgan fingerprint density at radius 3 is 1.43 bits per heavy atom. The standard InChI is InChI=1S/C14H22N2.C13H19NO.C12H18N2O.3C8H11N.C7H10N2.2C7H11NS.C6H9NS.CH4/c1-12(2)14-8-6-7-13(15-14)11-16-9-4-3-5-10-16;1-10(2)12-3-6-14-13(9-12)11-4-7-15-8-5-11;1-10(2)11-4-3-5-12(13-11)14-6-8-15-9-7-14;1-7(2)8-3-5-9-6-4-8;1-7(2)8-4-3-5-9-6-8;1-7(2)8-5-3-4-6-9-8;1-6(2)7-3-4-8-5-9-7;1-5(2)7-8-6(3)4-9-7;1-5(2)7-8-4-6(3)9-7;1-5(2)6-7-3-4-8-6;/h6-8,12H,3-5,9-11H2,1-2H3;3,6,9-11H,4-5,7-8H2,1-2H3;3-5,10H,6-9H2,1-2H3;3*3-7H,1-2H3;3-6H,1-2H3;2*4-5H,1-3H3;3-5H,1-2H3;1H4. The van der Waals surface area contributed by atoms with Gasteiger partial charge in [0.1, 0.15) is 12.1 Å². The van der Waals surface area contributed by atoms with Gasteiger partial charge < -0.3 is 14.4 Å². The first-order valence-corrected chi connectivity index (χ1v) is 42.0. The number of hydrogen-bond acceptors (Lipinski definition) is 18. The number of likely N-dealkylation sites (tertiary alicyclic amines) is 1. The normalized spacial score (nSPS) is 13.4. The fourth-order valence-corrected chi connectivity index (χ4v) is 12.9. The lowest BCUT2D eigenvalue weighted by atomic mass is 9.93. The first-order chi connectivity index (χ1) is 51.7. The highest BCUT2D eigenvalue weighted by Gasteiger charge is 2.19. The van der Waals surface area contributed by atoms with Crippen LogP contribution in [0, 0.1) is 13.8 Å². The maximum absolute atomic E-state index is 5.37. The van der Waals surface area contributed by atoms with E-state index in [-0.39, 0.29) is 7.43 Å². The SMILES string of the molecule is C.CC(C)c1cccc(CN2CCCCC2)n1.CC(C)c1cccc(N2CCOCC2)n1.CC(C)c1ccccn1.CC(C)c1cccnc1.CC(C)c1ccnc(C2CCOCC2)c1.CC(C)c1ccncc1.CC(C)c1ccncn1.CC(C)c1nccs1.Cc1cnc(C(C)C)s1.Cc1csc(C(C)C)n1. The average molecular weight is 1540 g/mol. The van der Waals surface area contributed by atoms with Gasteiger partial charge in [0.25, 0.3) is 0 Å². The molecule has 10 aromatic rings. The van der Waals surface area contributed by atoms with E-state index in [1.54, 1.807) is 52.7 Å². The van der Waals surface area contributed by atoms with Crippen LogP contribution in [0.15, 0.2) is 170 Å². The molecule has 0 unspecified atom stereocenters. The molecule has 3 aliphatic rings. The minimum absolute atomic E-state index is 0. The van der Waals surface area contributed by atoms with Crippen LogP contribution >= 0.6 is 34.0 Å². The van der Waals surface area contributed by atoms with Crippen LogP contribution in [0.2, 0.25) is 0 Å². The monoisotopic (exact) mass is 1540 g/mol. The molecule has 596 valence electrons. The first kappa shape index (κ1) is 95.8. The highest BCUT2D eigenvalue weighted by Crippen LogP contribution is 2.28. The van der Waals surface area contributed by atoms with Gasteiger partial charge in [-0.3, -0.25) is 29.8 Å². The molecule has 13 heterocycles. The maximum Gasteiger partial charge on any atom is 0.128 e. The lowest BCUT2D eigenvalue weighted by Crippen LogP contribution is -2.36. The van der Waals surface area contributed by atoms with E-state index in [9.17, 15) is 0 Å². The number of piperidine rings is 1. The molecule has 0 radical (unpaired) electrons. The van der Waals surface area contributed by atoms with Crippen LogP contribution in [0.25, 0.3) is 0 Å². The molecule has 0 aromatic carbocycles. The molecule has 0 spiro atoms. The first-order valence-electron chi connectivity index (χ1n) is 39.4. The highest BCUT2D eigenvalue weighted by atomic mass is 32.1. The molecular weight excluding hydrogens is 1400 g/mol. The van der Waals surface area contributed by atoms with Gasteiger partial charge in [-0.15, -0.1) is 34.0 Å². The Kier molecular flexibility index (Phi) is 48.4. The number of hydrogen-bond donors (Lipinski definition) is 0. The molecule has 0 N–H and O–H groups in total. The van der Waals surface area contributed by atoms with Crippen LogP contribution in [-0.2, 0) is 16.0 Å². The minimum atomic E-state index is 0. The lowest BCUT2D eigenvalue weighted by Gasteiger charge is -2.28. The van der Waals surface area contributed by atoms with E-state index in [0.717, 1.165) is 81.8 Å². The molecule has 3 fully saturated rings. The van der Waals surface area contributed by atoms with E-state index in [2.05, 4.69) is 265 Å². The smallest absolute Gasteiger partial charge is 0.128 e. The number of anilines is 1. The van der Waals surface area contributed by atoms with Crippen molar-refractivity contribution in [3.05, 3.63) is 246 Å². The Morgan fingerprint density at radius 2 is 0.991 bits per heavy atom. The second kappa shape index (κ2) is 55.0. The molecule has 0 aliphatic carbocycles. The Bertz CT molecular complexity index is 3530. The lowest BCUT2D eigenvalue weighted by molar-refractivity contribution is 0.0845. The number of thiazole rings is 3. The van der Waals surface area contributed by atoms with Crippen LogP contribution in [0.4, 0.5) is 5.82 Å². The van der Waals surface area contributed by atoms with Gasteiger partial charge in [0.2, 0.25) is 0 Å². The molecule has 18 heteroatoms. The van der Waals surface area contributed by atoms with Gasteiger partial charge in [-0.05, 0) is 184 Å². The topological polar surface area (TPSA) is 167 Å². The highest BCUT2D eigenvalue weighted by molar-refractivity contribution is 7.11. The van der Waals surface area contributed by atoms with Crippen LogP contribution in [0.1, 0.15) is 320 Å².